The van der Waals surface area contributed by atoms with Gasteiger partial charge in [-0.25, -0.2) is 4.79 Å². The number of carboxylic acids is 1. The fraction of sp³-hybridized carbons (Fsp3) is 0.417. The normalized spacial score (nSPS) is 16.9. The Morgan fingerprint density at radius 3 is 2.29 bits per heavy atom. The average molecular weight is 424 g/mol. The van der Waals surface area contributed by atoms with Crippen LogP contribution in [0.1, 0.15) is 29.9 Å². The molecule has 0 saturated carbocycles. The SMILES string of the molecule is O=C(O)CC[C@@H](CN1CCOCC1)NC(=O)OCC1c2ccccc2-c2ccccc21. The van der Waals surface area contributed by atoms with E-state index in [1.807, 2.05) is 24.3 Å². The topological polar surface area (TPSA) is 88.1 Å². The van der Waals surface area contributed by atoms with E-state index in [9.17, 15) is 9.59 Å². The summed E-state index contributed by atoms with van der Waals surface area (Å²) in [7, 11) is 0. The highest BCUT2D eigenvalue weighted by molar-refractivity contribution is 5.79. The van der Waals surface area contributed by atoms with Crippen LogP contribution < -0.4 is 5.32 Å². The van der Waals surface area contributed by atoms with Crippen LogP contribution in [0, 0.1) is 0 Å². The molecule has 1 amide bonds. The molecule has 164 valence electrons. The number of carboxylic acid groups (broad SMARTS) is 1. The van der Waals surface area contributed by atoms with E-state index in [4.69, 9.17) is 14.6 Å². The summed E-state index contributed by atoms with van der Waals surface area (Å²) in [6.07, 6.45) is -0.152. The molecule has 7 heteroatoms. The molecular formula is C24H28N2O5. The molecule has 1 atom stereocenters. The number of fused-ring (bicyclic) bond motifs is 3. The van der Waals surface area contributed by atoms with Gasteiger partial charge in [0, 0.05) is 38.0 Å². The lowest BCUT2D eigenvalue weighted by Crippen LogP contribution is -2.47. The zero-order chi connectivity index (χ0) is 21.6. The largest absolute Gasteiger partial charge is 0.481 e. The fourth-order valence-electron chi connectivity index (χ4n) is 4.41. The second kappa shape index (κ2) is 9.94. The third-order valence-electron chi connectivity index (χ3n) is 5.95. The number of amides is 1. The molecule has 0 unspecified atom stereocenters. The van der Waals surface area contributed by atoms with Gasteiger partial charge in [-0.15, -0.1) is 0 Å². The van der Waals surface area contributed by atoms with E-state index < -0.39 is 12.1 Å². The van der Waals surface area contributed by atoms with Crippen LogP contribution in [-0.4, -0.2) is 67.6 Å². The standard InChI is InChI=1S/C24H28N2O5/c27-23(28)10-9-17(15-26-11-13-30-14-12-26)25-24(29)31-16-22-20-7-3-1-5-18(20)19-6-2-4-8-21(19)22/h1-8,17,22H,9-16H2,(H,25,29)(H,27,28)/t17-/m0/s1. The number of alkyl carbamates (subject to hydrolysis) is 1. The van der Waals surface area contributed by atoms with Crippen LogP contribution in [0.25, 0.3) is 11.1 Å². The summed E-state index contributed by atoms with van der Waals surface area (Å²) in [5, 5.41) is 11.9. The molecule has 2 aromatic rings. The molecule has 1 fully saturated rings. The average Bonchev–Trinajstić information content (AvgIpc) is 3.10. The van der Waals surface area contributed by atoms with Gasteiger partial charge in [-0.2, -0.15) is 0 Å². The van der Waals surface area contributed by atoms with Gasteiger partial charge < -0.3 is 19.9 Å². The van der Waals surface area contributed by atoms with E-state index >= 15 is 0 Å². The van der Waals surface area contributed by atoms with Crippen LogP contribution in [0.4, 0.5) is 4.79 Å². The van der Waals surface area contributed by atoms with Crippen molar-refractivity contribution in [1.82, 2.24) is 10.2 Å². The third-order valence-corrected chi connectivity index (χ3v) is 5.95. The van der Waals surface area contributed by atoms with Crippen LogP contribution in [-0.2, 0) is 14.3 Å². The summed E-state index contributed by atoms with van der Waals surface area (Å²) in [5.41, 5.74) is 4.68. The molecule has 2 N–H and O–H groups in total. The van der Waals surface area contributed by atoms with Crippen LogP contribution in [0.3, 0.4) is 0 Å². The number of aliphatic carboxylic acids is 1. The molecule has 2 aliphatic rings. The first-order valence-electron chi connectivity index (χ1n) is 10.7. The van der Waals surface area contributed by atoms with Crippen molar-refractivity contribution in [3.05, 3.63) is 59.7 Å². The van der Waals surface area contributed by atoms with E-state index in [1.54, 1.807) is 0 Å². The molecule has 1 aliphatic carbocycles. The molecular weight excluding hydrogens is 396 g/mol. The first-order valence-corrected chi connectivity index (χ1v) is 10.7. The molecule has 0 aromatic heterocycles. The Hall–Kier alpha value is -2.90. The number of hydrogen-bond acceptors (Lipinski definition) is 5. The van der Waals surface area contributed by atoms with Gasteiger partial charge in [0.15, 0.2) is 0 Å². The summed E-state index contributed by atoms with van der Waals surface area (Å²) in [6, 6.07) is 16.1. The van der Waals surface area contributed by atoms with E-state index in [2.05, 4.69) is 34.5 Å². The maximum Gasteiger partial charge on any atom is 0.407 e. The Kier molecular flexibility index (Phi) is 6.84. The van der Waals surface area contributed by atoms with Crippen molar-refractivity contribution >= 4 is 12.1 Å². The molecule has 4 rings (SSSR count). The summed E-state index contributed by atoms with van der Waals surface area (Å²) >= 11 is 0. The zero-order valence-electron chi connectivity index (χ0n) is 17.5. The Balaban J connectivity index is 1.38. The number of nitrogens with zero attached hydrogens (tertiary/aromatic N) is 1. The minimum absolute atomic E-state index is 0.00133. The number of nitrogens with one attached hydrogen (secondary N) is 1. The molecule has 7 nitrogen and oxygen atoms in total. The van der Waals surface area contributed by atoms with Crippen molar-refractivity contribution in [2.24, 2.45) is 0 Å². The first kappa shape index (κ1) is 21.3. The van der Waals surface area contributed by atoms with Crippen molar-refractivity contribution < 1.29 is 24.2 Å². The predicted octanol–water partition coefficient (Wildman–Crippen LogP) is 3.09. The van der Waals surface area contributed by atoms with Crippen LogP contribution in [0.15, 0.2) is 48.5 Å². The lowest BCUT2D eigenvalue weighted by Gasteiger charge is -2.30. The molecule has 0 radical (unpaired) electrons. The quantitative estimate of drug-likeness (QED) is 0.677. The number of rotatable bonds is 8. The Morgan fingerprint density at radius 2 is 1.68 bits per heavy atom. The van der Waals surface area contributed by atoms with Gasteiger partial charge in [-0.1, -0.05) is 48.5 Å². The van der Waals surface area contributed by atoms with Gasteiger partial charge in [-0.3, -0.25) is 9.69 Å². The fourth-order valence-corrected chi connectivity index (χ4v) is 4.41. The van der Waals surface area contributed by atoms with Crippen molar-refractivity contribution in [3.8, 4) is 11.1 Å². The number of morpholine rings is 1. The molecule has 31 heavy (non-hydrogen) atoms. The van der Waals surface area contributed by atoms with Crippen LogP contribution >= 0.6 is 0 Å². The third kappa shape index (κ3) is 5.24. The zero-order valence-corrected chi connectivity index (χ0v) is 17.5. The second-order valence-electron chi connectivity index (χ2n) is 8.01. The molecule has 0 spiro atoms. The van der Waals surface area contributed by atoms with Gasteiger partial charge in [-0.05, 0) is 28.7 Å². The molecule has 1 saturated heterocycles. The minimum Gasteiger partial charge on any atom is -0.481 e. The molecule has 0 bridgehead atoms. The smallest absolute Gasteiger partial charge is 0.407 e. The van der Waals surface area contributed by atoms with Crippen LogP contribution in [0.2, 0.25) is 0 Å². The van der Waals surface area contributed by atoms with Gasteiger partial charge in [0.25, 0.3) is 0 Å². The Bertz CT molecular complexity index is 880. The van der Waals surface area contributed by atoms with Crippen molar-refractivity contribution in [2.75, 3.05) is 39.5 Å². The van der Waals surface area contributed by atoms with Gasteiger partial charge in [0.1, 0.15) is 6.61 Å². The molecule has 1 aliphatic heterocycles. The summed E-state index contributed by atoms with van der Waals surface area (Å²) < 4.78 is 11.0. The van der Waals surface area contributed by atoms with E-state index in [-0.39, 0.29) is 25.0 Å². The van der Waals surface area contributed by atoms with Crippen molar-refractivity contribution in [2.45, 2.75) is 24.8 Å². The number of ether oxygens (including phenoxy) is 2. The first-order chi connectivity index (χ1) is 15.1. The lowest BCUT2D eigenvalue weighted by atomic mass is 9.98. The van der Waals surface area contributed by atoms with E-state index in [0.717, 1.165) is 24.2 Å². The van der Waals surface area contributed by atoms with E-state index in [0.29, 0.717) is 26.2 Å². The number of benzene rings is 2. The minimum atomic E-state index is -0.874. The van der Waals surface area contributed by atoms with Crippen molar-refractivity contribution in [3.63, 3.8) is 0 Å². The maximum atomic E-state index is 12.6. The van der Waals surface area contributed by atoms with Gasteiger partial charge in [0.05, 0.1) is 13.2 Å². The monoisotopic (exact) mass is 424 g/mol. The second-order valence-corrected chi connectivity index (χ2v) is 8.01. The number of carbonyl (C=O) groups is 2. The molecule has 2 aromatic carbocycles. The lowest BCUT2D eigenvalue weighted by molar-refractivity contribution is -0.137. The number of carbonyl (C=O) groups excluding carboxylic acids is 1. The Labute approximate surface area is 182 Å². The highest BCUT2D eigenvalue weighted by atomic mass is 16.5. The van der Waals surface area contributed by atoms with E-state index in [1.165, 1.54) is 11.1 Å². The maximum absolute atomic E-state index is 12.6. The predicted molar refractivity (Wildman–Crippen MR) is 116 cm³/mol. The highest BCUT2D eigenvalue weighted by Crippen LogP contribution is 2.44. The van der Waals surface area contributed by atoms with Crippen LogP contribution in [0.5, 0.6) is 0 Å². The Morgan fingerprint density at radius 1 is 1.06 bits per heavy atom. The highest BCUT2D eigenvalue weighted by Gasteiger charge is 2.29. The van der Waals surface area contributed by atoms with Crippen molar-refractivity contribution in [1.29, 1.82) is 0 Å². The molecule has 1 heterocycles. The summed E-state index contributed by atoms with van der Waals surface area (Å²) in [5.74, 6) is -0.879. The summed E-state index contributed by atoms with van der Waals surface area (Å²) in [4.78, 5) is 25.8. The van der Waals surface area contributed by atoms with Gasteiger partial charge >= 0.3 is 12.1 Å². The summed E-state index contributed by atoms with van der Waals surface area (Å²) in [6.45, 7) is 3.67. The van der Waals surface area contributed by atoms with Gasteiger partial charge in [0.2, 0.25) is 0 Å². The number of hydrogen-bond donors (Lipinski definition) is 2.